The molecule has 2 atom stereocenters. The van der Waals surface area contributed by atoms with E-state index in [0.29, 0.717) is 46.4 Å². The van der Waals surface area contributed by atoms with Crippen molar-refractivity contribution in [1.29, 1.82) is 0 Å². The van der Waals surface area contributed by atoms with E-state index in [2.05, 4.69) is 38.4 Å². The molecule has 11 heteroatoms. The lowest BCUT2D eigenvalue weighted by molar-refractivity contribution is -0.128. The van der Waals surface area contributed by atoms with Crippen molar-refractivity contribution in [3.63, 3.8) is 0 Å². The van der Waals surface area contributed by atoms with Crippen molar-refractivity contribution in [3.05, 3.63) is 53.5 Å². The maximum absolute atomic E-state index is 17.1. The Labute approximate surface area is 273 Å². The van der Waals surface area contributed by atoms with E-state index in [1.807, 2.05) is 36.9 Å². The average molecular weight is 643 g/mol. The van der Waals surface area contributed by atoms with Crippen LogP contribution in [0.25, 0.3) is 32.9 Å². The van der Waals surface area contributed by atoms with Crippen LogP contribution < -0.4 is 9.80 Å². The summed E-state index contributed by atoms with van der Waals surface area (Å²) < 4.78 is 17.1. The minimum absolute atomic E-state index is 0.0670. The van der Waals surface area contributed by atoms with Crippen LogP contribution in [0.2, 0.25) is 5.02 Å². The first kappa shape index (κ1) is 29.6. The van der Waals surface area contributed by atoms with Crippen molar-refractivity contribution in [2.24, 2.45) is 5.41 Å². The molecule has 4 aliphatic rings. The predicted molar refractivity (Wildman–Crippen MR) is 181 cm³/mol. The number of carbonyl (C=O) groups is 1. The van der Waals surface area contributed by atoms with E-state index in [0.717, 1.165) is 42.1 Å². The number of hydrogen-bond acceptors (Lipinski definition) is 7. The zero-order chi connectivity index (χ0) is 31.9. The molecule has 5 heterocycles. The molecule has 4 fully saturated rings. The van der Waals surface area contributed by atoms with Gasteiger partial charge in [0.25, 0.3) is 0 Å². The number of nitrogens with zero attached hydrogens (tertiary/aromatic N) is 7. The van der Waals surface area contributed by atoms with Gasteiger partial charge in [-0.25, -0.2) is 9.37 Å². The number of halogens is 2. The molecule has 46 heavy (non-hydrogen) atoms. The van der Waals surface area contributed by atoms with E-state index in [1.165, 1.54) is 38.3 Å². The molecule has 2 aromatic heterocycles. The summed E-state index contributed by atoms with van der Waals surface area (Å²) in [6.45, 7) is 14.8. The van der Waals surface area contributed by atoms with Crippen molar-refractivity contribution >= 4 is 51.1 Å². The number of piperidine rings is 1. The lowest BCUT2D eigenvalue weighted by atomic mass is 9.73. The molecular weight excluding hydrogens is 603 g/mol. The first-order valence-corrected chi connectivity index (χ1v) is 16.9. The van der Waals surface area contributed by atoms with Gasteiger partial charge in [0.15, 0.2) is 5.82 Å². The first-order chi connectivity index (χ1) is 22.2. The van der Waals surface area contributed by atoms with Gasteiger partial charge >= 0.3 is 0 Å². The van der Waals surface area contributed by atoms with Crippen molar-refractivity contribution in [1.82, 2.24) is 30.0 Å². The molecule has 3 aliphatic heterocycles. The molecule has 0 radical (unpaired) electrons. The minimum Gasteiger partial charge on any atom is -0.349 e. The number of hydrogen-bond donors (Lipinski definition) is 1. The Kier molecular flexibility index (Phi) is 7.03. The molecular formula is C35H40ClFN8O. The summed E-state index contributed by atoms with van der Waals surface area (Å²) >= 11 is 7.00. The van der Waals surface area contributed by atoms with Gasteiger partial charge in [0.1, 0.15) is 11.3 Å². The Morgan fingerprint density at radius 1 is 1.11 bits per heavy atom. The monoisotopic (exact) mass is 642 g/mol. The molecule has 0 unspecified atom stereocenters. The molecule has 1 saturated carbocycles. The number of piperazine rings is 1. The van der Waals surface area contributed by atoms with Crippen molar-refractivity contribution < 1.29 is 9.18 Å². The van der Waals surface area contributed by atoms with Gasteiger partial charge in [-0.05, 0) is 76.8 Å². The van der Waals surface area contributed by atoms with Gasteiger partial charge in [0, 0.05) is 78.2 Å². The zero-order valence-corrected chi connectivity index (χ0v) is 27.4. The predicted octanol–water partition coefficient (Wildman–Crippen LogP) is 5.95. The highest BCUT2D eigenvalue weighted by molar-refractivity contribution is 6.35. The highest BCUT2D eigenvalue weighted by Crippen LogP contribution is 2.46. The Balaban J connectivity index is 1.25. The van der Waals surface area contributed by atoms with Gasteiger partial charge in [0.2, 0.25) is 11.9 Å². The summed E-state index contributed by atoms with van der Waals surface area (Å²) in [5.41, 5.74) is 3.23. The number of nitrogens with one attached hydrogen (secondary N) is 1. The fraction of sp³-hybridized carbons (Fsp3) is 0.486. The molecule has 3 saturated heterocycles. The highest BCUT2D eigenvalue weighted by Gasteiger charge is 2.49. The fourth-order valence-corrected chi connectivity index (χ4v) is 8.51. The smallest absolute Gasteiger partial charge is 0.246 e. The largest absolute Gasteiger partial charge is 0.349 e. The molecule has 1 spiro atoms. The standard InChI is InChI=1S/C35H40ClFN8O/c1-5-28(46)44-15-22(4)45(16-21(44)3)33-24-13-26(36)30(29-20(2)7-10-27-25(29)14-38-41-27)31(37)32(24)39-34(40-33)43-18-35(19-43)11-6-12-42(17-35)23-8-9-23/h5,7,10,13-14,21-23H,1,6,8-9,11-12,15-19H2,2-4H3,(H,38,41)/t21-,22+/m1/s1. The Hall–Kier alpha value is -3.76. The molecule has 8 rings (SSSR count). The summed E-state index contributed by atoms with van der Waals surface area (Å²) in [5, 5.41) is 8.89. The molecule has 2 aromatic carbocycles. The molecule has 1 N–H and O–H groups in total. The van der Waals surface area contributed by atoms with Crippen LogP contribution in [0.3, 0.4) is 0 Å². The number of rotatable bonds is 5. The summed E-state index contributed by atoms with van der Waals surface area (Å²) in [6, 6.07) is 6.32. The normalized spacial score (nSPS) is 23.4. The molecule has 0 bridgehead atoms. The van der Waals surface area contributed by atoms with Crippen LogP contribution >= 0.6 is 11.6 Å². The van der Waals surface area contributed by atoms with Crippen molar-refractivity contribution in [2.75, 3.05) is 49.1 Å². The van der Waals surface area contributed by atoms with Crippen LogP contribution in [0.1, 0.15) is 45.1 Å². The number of aromatic amines is 1. The van der Waals surface area contributed by atoms with E-state index in [1.54, 1.807) is 6.20 Å². The number of anilines is 2. The van der Waals surface area contributed by atoms with Crippen LogP contribution in [0.4, 0.5) is 16.2 Å². The van der Waals surface area contributed by atoms with Crippen molar-refractivity contribution in [2.45, 2.75) is 64.6 Å². The van der Waals surface area contributed by atoms with Gasteiger partial charge in [-0.2, -0.15) is 10.1 Å². The number of likely N-dealkylation sites (tertiary alicyclic amines) is 1. The number of amides is 1. The van der Waals surface area contributed by atoms with E-state index < -0.39 is 5.82 Å². The molecule has 1 aliphatic carbocycles. The van der Waals surface area contributed by atoms with Gasteiger partial charge in [0.05, 0.1) is 16.7 Å². The van der Waals surface area contributed by atoms with E-state index in [4.69, 9.17) is 21.6 Å². The number of carbonyl (C=O) groups excluding carboxylic acids is 1. The average Bonchev–Trinajstić information content (AvgIpc) is 3.78. The maximum Gasteiger partial charge on any atom is 0.246 e. The molecule has 240 valence electrons. The number of aryl methyl sites for hydroxylation is 1. The van der Waals surface area contributed by atoms with Crippen LogP contribution in [0.5, 0.6) is 0 Å². The third-order valence-electron chi connectivity index (χ3n) is 10.7. The van der Waals surface area contributed by atoms with Gasteiger partial charge in [-0.1, -0.05) is 24.2 Å². The first-order valence-electron chi connectivity index (χ1n) is 16.5. The number of aromatic nitrogens is 4. The highest BCUT2D eigenvalue weighted by atomic mass is 35.5. The van der Waals surface area contributed by atoms with Crippen LogP contribution in [-0.2, 0) is 4.79 Å². The second kappa shape index (κ2) is 10.9. The Morgan fingerprint density at radius 2 is 1.91 bits per heavy atom. The molecule has 4 aromatic rings. The summed E-state index contributed by atoms with van der Waals surface area (Å²) in [5.74, 6) is 0.651. The minimum atomic E-state index is -0.460. The molecule has 9 nitrogen and oxygen atoms in total. The third kappa shape index (κ3) is 4.75. The topological polar surface area (TPSA) is 84.5 Å². The van der Waals surface area contributed by atoms with Crippen LogP contribution in [-0.4, -0.2) is 93.3 Å². The van der Waals surface area contributed by atoms with Gasteiger partial charge in [-0.15, -0.1) is 0 Å². The summed E-state index contributed by atoms with van der Waals surface area (Å²) in [4.78, 5) is 31.7. The summed E-state index contributed by atoms with van der Waals surface area (Å²) in [7, 11) is 0. The van der Waals surface area contributed by atoms with Crippen LogP contribution in [0, 0.1) is 18.2 Å². The lowest BCUT2D eigenvalue weighted by Crippen LogP contribution is -2.63. The fourth-order valence-electron chi connectivity index (χ4n) is 8.22. The van der Waals surface area contributed by atoms with Gasteiger partial charge in [-0.3, -0.25) is 14.8 Å². The number of benzene rings is 2. The van der Waals surface area contributed by atoms with E-state index in [9.17, 15) is 4.79 Å². The molecule has 1 amide bonds. The second-order valence-corrected chi connectivity index (χ2v) is 14.5. The Bertz CT molecular complexity index is 1880. The third-order valence-corrected chi connectivity index (χ3v) is 11.0. The SMILES string of the molecule is C=CC(=O)N1C[C@H](C)N(c2nc(N3CC4(CCCN(C5CC5)C4)C3)nc3c(F)c(-c4c(C)ccc5[nH]ncc45)c(Cl)cc23)C[C@H]1C. The van der Waals surface area contributed by atoms with E-state index >= 15 is 4.39 Å². The lowest BCUT2D eigenvalue weighted by Gasteiger charge is -2.55. The van der Waals surface area contributed by atoms with Crippen LogP contribution in [0.15, 0.2) is 37.1 Å². The van der Waals surface area contributed by atoms with Crippen molar-refractivity contribution in [3.8, 4) is 11.1 Å². The number of H-pyrrole nitrogens is 1. The second-order valence-electron chi connectivity index (χ2n) is 14.1. The zero-order valence-electron chi connectivity index (χ0n) is 26.7. The quantitative estimate of drug-likeness (QED) is 0.269. The maximum atomic E-state index is 17.1. The Morgan fingerprint density at radius 3 is 2.67 bits per heavy atom. The van der Waals surface area contributed by atoms with Gasteiger partial charge < -0.3 is 14.7 Å². The number of fused-ring (bicyclic) bond motifs is 2. The van der Waals surface area contributed by atoms with E-state index in [-0.39, 0.29) is 28.9 Å². The summed E-state index contributed by atoms with van der Waals surface area (Å²) in [6.07, 6.45) is 8.13.